The molecule has 0 aliphatic rings. The molecule has 0 saturated heterocycles. The fourth-order valence-corrected chi connectivity index (χ4v) is 1.94. The molecule has 2 rings (SSSR count). The summed E-state index contributed by atoms with van der Waals surface area (Å²) in [6.07, 6.45) is 0.802. The molecule has 2 nitrogen and oxygen atoms in total. The predicted molar refractivity (Wildman–Crippen MR) is 62.8 cm³/mol. The first-order chi connectivity index (χ1) is 8.17. The number of fused-ring (bicyclic) bond motifs is 1. The minimum atomic E-state index is -0.529. The van der Waals surface area contributed by atoms with Crippen molar-refractivity contribution in [3.63, 3.8) is 0 Å². The Bertz CT molecular complexity index is 482. The maximum atomic E-state index is 13.5. The van der Waals surface area contributed by atoms with Gasteiger partial charge in [-0.3, -0.25) is 0 Å². The SMILES string of the molecule is CCNC(CC)c1cc2c(F)ccc(F)c2o1. The summed E-state index contributed by atoms with van der Waals surface area (Å²) in [4.78, 5) is 0. The molecule has 4 heteroatoms. The van der Waals surface area contributed by atoms with Crippen molar-refractivity contribution < 1.29 is 13.2 Å². The van der Waals surface area contributed by atoms with Gasteiger partial charge in [0.05, 0.1) is 11.4 Å². The van der Waals surface area contributed by atoms with Crippen LogP contribution in [0.1, 0.15) is 32.1 Å². The maximum absolute atomic E-state index is 13.5. The fraction of sp³-hybridized carbons (Fsp3) is 0.385. The molecule has 0 saturated carbocycles. The van der Waals surface area contributed by atoms with Crippen molar-refractivity contribution in [3.8, 4) is 0 Å². The van der Waals surface area contributed by atoms with Gasteiger partial charge in [0.2, 0.25) is 0 Å². The van der Waals surface area contributed by atoms with Crippen LogP contribution < -0.4 is 5.32 Å². The molecular formula is C13H15F2NO. The molecular weight excluding hydrogens is 224 g/mol. The van der Waals surface area contributed by atoms with E-state index < -0.39 is 11.6 Å². The molecule has 2 aromatic rings. The summed E-state index contributed by atoms with van der Waals surface area (Å²) in [7, 11) is 0. The van der Waals surface area contributed by atoms with Crippen LogP contribution in [0.25, 0.3) is 11.0 Å². The Hall–Kier alpha value is -1.42. The van der Waals surface area contributed by atoms with Gasteiger partial charge in [-0.05, 0) is 31.2 Å². The third-order valence-electron chi connectivity index (χ3n) is 2.80. The second kappa shape index (κ2) is 4.84. The van der Waals surface area contributed by atoms with E-state index in [9.17, 15) is 8.78 Å². The second-order valence-corrected chi connectivity index (χ2v) is 3.94. The molecule has 0 spiro atoms. The lowest BCUT2D eigenvalue weighted by Crippen LogP contribution is -2.19. The first-order valence-electron chi connectivity index (χ1n) is 5.78. The molecule has 0 aliphatic heterocycles. The smallest absolute Gasteiger partial charge is 0.172 e. The molecule has 0 aliphatic carbocycles. The molecule has 1 unspecified atom stereocenters. The Balaban J connectivity index is 2.50. The zero-order valence-electron chi connectivity index (χ0n) is 9.89. The van der Waals surface area contributed by atoms with Crippen LogP contribution in [0.5, 0.6) is 0 Å². The zero-order chi connectivity index (χ0) is 12.4. The molecule has 0 fully saturated rings. The number of nitrogens with one attached hydrogen (secondary N) is 1. The molecule has 0 radical (unpaired) electrons. The average molecular weight is 239 g/mol. The van der Waals surface area contributed by atoms with Gasteiger partial charge in [0, 0.05) is 0 Å². The second-order valence-electron chi connectivity index (χ2n) is 3.94. The van der Waals surface area contributed by atoms with Crippen LogP contribution in [-0.4, -0.2) is 6.54 Å². The molecule has 1 aromatic carbocycles. The van der Waals surface area contributed by atoms with E-state index in [0.29, 0.717) is 5.76 Å². The molecule has 1 atom stereocenters. The molecule has 92 valence electrons. The van der Waals surface area contributed by atoms with Gasteiger partial charge in [0.25, 0.3) is 0 Å². The molecule has 1 N–H and O–H groups in total. The van der Waals surface area contributed by atoms with E-state index in [1.807, 2.05) is 13.8 Å². The highest BCUT2D eigenvalue weighted by atomic mass is 19.1. The van der Waals surface area contributed by atoms with E-state index >= 15 is 0 Å². The Morgan fingerprint density at radius 1 is 1.24 bits per heavy atom. The largest absolute Gasteiger partial charge is 0.456 e. The lowest BCUT2D eigenvalue weighted by Gasteiger charge is -2.11. The minimum absolute atomic E-state index is 0.00338. The van der Waals surface area contributed by atoms with Crippen LogP contribution in [0, 0.1) is 11.6 Å². The number of halogens is 2. The van der Waals surface area contributed by atoms with Gasteiger partial charge < -0.3 is 9.73 Å². The standard InChI is InChI=1S/C13H15F2NO/c1-3-11(16-4-2)12-7-8-9(14)5-6-10(15)13(8)17-12/h5-7,11,16H,3-4H2,1-2H3. The van der Waals surface area contributed by atoms with Crippen molar-refractivity contribution in [1.82, 2.24) is 5.32 Å². The van der Waals surface area contributed by atoms with Crippen LogP contribution in [-0.2, 0) is 0 Å². The Morgan fingerprint density at radius 3 is 2.53 bits per heavy atom. The van der Waals surface area contributed by atoms with Gasteiger partial charge in [-0.15, -0.1) is 0 Å². The number of benzene rings is 1. The first kappa shape index (κ1) is 12.0. The van der Waals surface area contributed by atoms with Crippen molar-refractivity contribution in [2.75, 3.05) is 6.54 Å². The number of hydrogen-bond donors (Lipinski definition) is 1. The van der Waals surface area contributed by atoms with Crippen LogP contribution in [0.15, 0.2) is 22.6 Å². The summed E-state index contributed by atoms with van der Waals surface area (Å²) >= 11 is 0. The lowest BCUT2D eigenvalue weighted by molar-refractivity contribution is 0.421. The highest BCUT2D eigenvalue weighted by Crippen LogP contribution is 2.29. The summed E-state index contributed by atoms with van der Waals surface area (Å²) in [6, 6.07) is 3.76. The molecule has 1 aromatic heterocycles. The molecule has 17 heavy (non-hydrogen) atoms. The van der Waals surface area contributed by atoms with Crippen molar-refractivity contribution in [3.05, 3.63) is 35.6 Å². The van der Waals surface area contributed by atoms with Crippen LogP contribution in [0.3, 0.4) is 0 Å². The Kier molecular flexibility index (Phi) is 3.43. The number of furan rings is 1. The highest BCUT2D eigenvalue weighted by Gasteiger charge is 2.17. The van der Waals surface area contributed by atoms with E-state index in [4.69, 9.17) is 4.42 Å². The minimum Gasteiger partial charge on any atom is -0.456 e. The summed E-state index contributed by atoms with van der Waals surface area (Å²) < 4.78 is 32.3. The number of rotatable bonds is 4. The number of hydrogen-bond acceptors (Lipinski definition) is 2. The normalized spacial score (nSPS) is 13.2. The molecule has 1 heterocycles. The van der Waals surface area contributed by atoms with Crippen molar-refractivity contribution >= 4 is 11.0 Å². The highest BCUT2D eigenvalue weighted by molar-refractivity contribution is 5.79. The van der Waals surface area contributed by atoms with Crippen LogP contribution in [0.2, 0.25) is 0 Å². The van der Waals surface area contributed by atoms with Crippen LogP contribution >= 0.6 is 0 Å². The Morgan fingerprint density at radius 2 is 1.94 bits per heavy atom. The fourth-order valence-electron chi connectivity index (χ4n) is 1.94. The van der Waals surface area contributed by atoms with Crippen molar-refractivity contribution in [2.45, 2.75) is 26.3 Å². The summed E-state index contributed by atoms with van der Waals surface area (Å²) in [5, 5.41) is 3.41. The van der Waals surface area contributed by atoms with E-state index in [1.165, 1.54) is 0 Å². The third-order valence-corrected chi connectivity index (χ3v) is 2.80. The quantitative estimate of drug-likeness (QED) is 0.878. The first-order valence-corrected chi connectivity index (χ1v) is 5.78. The third kappa shape index (κ3) is 2.17. The van der Waals surface area contributed by atoms with Gasteiger partial charge in [-0.1, -0.05) is 13.8 Å². The zero-order valence-corrected chi connectivity index (χ0v) is 9.89. The molecule has 0 bridgehead atoms. The lowest BCUT2D eigenvalue weighted by atomic mass is 10.1. The van der Waals surface area contributed by atoms with E-state index in [0.717, 1.165) is 25.1 Å². The van der Waals surface area contributed by atoms with E-state index in [-0.39, 0.29) is 17.0 Å². The van der Waals surface area contributed by atoms with Crippen molar-refractivity contribution in [2.24, 2.45) is 0 Å². The van der Waals surface area contributed by atoms with Gasteiger partial charge in [0.15, 0.2) is 11.4 Å². The van der Waals surface area contributed by atoms with E-state index in [1.54, 1.807) is 6.07 Å². The van der Waals surface area contributed by atoms with Crippen molar-refractivity contribution in [1.29, 1.82) is 0 Å². The van der Waals surface area contributed by atoms with Gasteiger partial charge in [-0.25, -0.2) is 8.78 Å². The van der Waals surface area contributed by atoms with E-state index in [2.05, 4.69) is 5.32 Å². The van der Waals surface area contributed by atoms with Gasteiger partial charge >= 0.3 is 0 Å². The average Bonchev–Trinajstić information content (AvgIpc) is 2.77. The van der Waals surface area contributed by atoms with Gasteiger partial charge in [0.1, 0.15) is 11.6 Å². The molecule has 0 amide bonds. The predicted octanol–water partition coefficient (Wildman–Crippen LogP) is 3.77. The summed E-state index contributed by atoms with van der Waals surface area (Å²) in [6.45, 7) is 4.75. The topological polar surface area (TPSA) is 25.2 Å². The summed E-state index contributed by atoms with van der Waals surface area (Å²) in [5.74, 6) is -0.407. The van der Waals surface area contributed by atoms with Crippen LogP contribution in [0.4, 0.5) is 8.78 Å². The summed E-state index contributed by atoms with van der Waals surface area (Å²) in [5.41, 5.74) is -0.00338. The monoisotopic (exact) mass is 239 g/mol. The maximum Gasteiger partial charge on any atom is 0.172 e. The van der Waals surface area contributed by atoms with Gasteiger partial charge in [-0.2, -0.15) is 0 Å². The Labute approximate surface area is 98.6 Å².